The summed E-state index contributed by atoms with van der Waals surface area (Å²) < 4.78 is 5.61. The second kappa shape index (κ2) is 8.32. The van der Waals surface area contributed by atoms with Crippen LogP contribution in [0.4, 0.5) is 0 Å². The number of para-hydroxylation sites is 1. The van der Waals surface area contributed by atoms with E-state index in [4.69, 9.17) is 9.84 Å². The van der Waals surface area contributed by atoms with Gasteiger partial charge in [0, 0.05) is 5.25 Å². The van der Waals surface area contributed by atoms with Crippen molar-refractivity contribution in [3.63, 3.8) is 0 Å². The molecule has 0 aromatic heterocycles. The minimum Gasteiger partial charge on any atom is -0.493 e. The van der Waals surface area contributed by atoms with Crippen molar-refractivity contribution in [3.8, 4) is 5.75 Å². The van der Waals surface area contributed by atoms with Gasteiger partial charge in [-0.2, -0.15) is 11.8 Å². The highest BCUT2D eigenvalue weighted by molar-refractivity contribution is 7.99. The molecule has 1 aliphatic rings. The third kappa shape index (κ3) is 5.27. The molecule has 3 nitrogen and oxygen atoms in total. The zero-order chi connectivity index (χ0) is 15.1. The summed E-state index contributed by atoms with van der Waals surface area (Å²) in [4.78, 5) is 11.1. The molecule has 0 aliphatic heterocycles. The molecule has 1 saturated carbocycles. The fourth-order valence-electron chi connectivity index (χ4n) is 2.79. The van der Waals surface area contributed by atoms with Crippen molar-refractivity contribution >= 4 is 17.7 Å². The second-order valence-corrected chi connectivity index (χ2v) is 7.18. The van der Waals surface area contributed by atoms with Gasteiger partial charge in [-0.25, -0.2) is 4.79 Å². The zero-order valence-corrected chi connectivity index (χ0v) is 13.4. The third-order valence-corrected chi connectivity index (χ3v) is 5.33. The number of thioether (sulfide) groups is 1. The van der Waals surface area contributed by atoms with Gasteiger partial charge < -0.3 is 9.84 Å². The van der Waals surface area contributed by atoms with Crippen LogP contribution in [0.15, 0.2) is 24.3 Å². The molecule has 0 amide bonds. The average molecular weight is 308 g/mol. The lowest BCUT2D eigenvalue weighted by Gasteiger charge is -2.26. The first-order chi connectivity index (χ1) is 10.2. The largest absolute Gasteiger partial charge is 0.493 e. The number of hydrogen-bond acceptors (Lipinski definition) is 3. The lowest BCUT2D eigenvalue weighted by Crippen LogP contribution is -2.15. The smallest absolute Gasteiger partial charge is 0.339 e. The van der Waals surface area contributed by atoms with E-state index in [1.54, 1.807) is 24.3 Å². The highest BCUT2D eigenvalue weighted by Gasteiger charge is 2.18. The summed E-state index contributed by atoms with van der Waals surface area (Å²) in [5.41, 5.74) is 0.242. The van der Waals surface area contributed by atoms with Crippen LogP contribution in [0.3, 0.4) is 0 Å². The topological polar surface area (TPSA) is 46.5 Å². The average Bonchev–Trinajstić information content (AvgIpc) is 2.47. The van der Waals surface area contributed by atoms with Gasteiger partial charge in [0.05, 0.1) is 6.61 Å². The number of hydrogen-bond donors (Lipinski definition) is 1. The molecule has 1 N–H and O–H groups in total. The maximum Gasteiger partial charge on any atom is 0.339 e. The maximum absolute atomic E-state index is 11.1. The fourth-order valence-corrected chi connectivity index (χ4v) is 4.21. The third-order valence-electron chi connectivity index (χ3n) is 3.91. The van der Waals surface area contributed by atoms with Crippen LogP contribution in [-0.4, -0.2) is 28.7 Å². The molecule has 2 atom stereocenters. The molecule has 1 aliphatic carbocycles. The molecule has 0 heterocycles. The molecular weight excluding hydrogens is 284 g/mol. The minimum absolute atomic E-state index is 0.242. The Morgan fingerprint density at radius 2 is 2.19 bits per heavy atom. The van der Waals surface area contributed by atoms with Crippen molar-refractivity contribution < 1.29 is 14.6 Å². The molecule has 2 unspecified atom stereocenters. The zero-order valence-electron chi connectivity index (χ0n) is 12.6. The van der Waals surface area contributed by atoms with Crippen molar-refractivity contribution in [2.45, 2.75) is 44.3 Å². The van der Waals surface area contributed by atoms with E-state index in [0.717, 1.165) is 23.3 Å². The van der Waals surface area contributed by atoms with Gasteiger partial charge in [0.1, 0.15) is 11.3 Å². The van der Waals surface area contributed by atoms with Crippen molar-refractivity contribution in [1.82, 2.24) is 0 Å². The standard InChI is InChI=1S/C17H24O3S/c1-13-6-4-7-14(12-13)21-11-5-10-20-16-9-3-2-8-15(16)17(18)19/h2-3,8-9,13-14H,4-7,10-12H2,1H3,(H,18,19). The quantitative estimate of drug-likeness (QED) is 0.755. The first-order valence-electron chi connectivity index (χ1n) is 7.73. The molecule has 2 rings (SSSR count). The van der Waals surface area contributed by atoms with Crippen LogP contribution in [-0.2, 0) is 0 Å². The number of carboxylic acid groups (broad SMARTS) is 1. The summed E-state index contributed by atoms with van der Waals surface area (Å²) >= 11 is 2.05. The van der Waals surface area contributed by atoms with E-state index in [-0.39, 0.29) is 5.56 Å². The lowest BCUT2D eigenvalue weighted by molar-refractivity contribution is 0.0692. The van der Waals surface area contributed by atoms with Gasteiger partial charge in [-0.15, -0.1) is 0 Å². The van der Waals surface area contributed by atoms with Gasteiger partial charge in [0.2, 0.25) is 0 Å². The molecule has 21 heavy (non-hydrogen) atoms. The Kier molecular flexibility index (Phi) is 6.43. The van der Waals surface area contributed by atoms with Crippen LogP contribution in [0.5, 0.6) is 5.75 Å². The van der Waals surface area contributed by atoms with Crippen molar-refractivity contribution in [2.24, 2.45) is 5.92 Å². The Balaban J connectivity index is 1.67. The molecule has 1 aromatic rings. The summed E-state index contributed by atoms with van der Waals surface area (Å²) in [5.74, 6) is 1.50. The van der Waals surface area contributed by atoms with E-state index in [1.165, 1.54) is 25.7 Å². The number of benzene rings is 1. The van der Waals surface area contributed by atoms with Crippen LogP contribution in [0, 0.1) is 5.92 Å². The number of ether oxygens (including phenoxy) is 1. The molecule has 1 fully saturated rings. The molecule has 0 spiro atoms. The summed E-state index contributed by atoms with van der Waals surface area (Å²) in [5, 5.41) is 9.88. The van der Waals surface area contributed by atoms with E-state index >= 15 is 0 Å². The fraction of sp³-hybridized carbons (Fsp3) is 0.588. The predicted octanol–water partition coefficient (Wildman–Crippen LogP) is 4.47. The summed E-state index contributed by atoms with van der Waals surface area (Å²) in [7, 11) is 0. The molecule has 4 heteroatoms. The Bertz CT molecular complexity index is 461. The van der Waals surface area contributed by atoms with E-state index in [1.807, 2.05) is 0 Å². The summed E-state index contributed by atoms with van der Waals surface area (Å²) in [6.07, 6.45) is 6.39. The first kappa shape index (κ1) is 16.2. The Morgan fingerprint density at radius 1 is 1.38 bits per heavy atom. The normalized spacial score (nSPS) is 22.0. The van der Waals surface area contributed by atoms with E-state index in [0.29, 0.717) is 12.4 Å². The van der Waals surface area contributed by atoms with Gasteiger partial charge >= 0.3 is 5.97 Å². The molecule has 0 bridgehead atoms. The van der Waals surface area contributed by atoms with Crippen LogP contribution in [0.2, 0.25) is 0 Å². The van der Waals surface area contributed by atoms with E-state index in [9.17, 15) is 4.79 Å². The molecule has 116 valence electrons. The minimum atomic E-state index is -0.934. The Labute approximate surface area is 131 Å². The predicted molar refractivity (Wildman–Crippen MR) is 87.4 cm³/mol. The van der Waals surface area contributed by atoms with Crippen LogP contribution >= 0.6 is 11.8 Å². The Hall–Kier alpha value is -1.16. The highest BCUT2D eigenvalue weighted by Crippen LogP contribution is 2.32. The summed E-state index contributed by atoms with van der Waals surface area (Å²) in [6.45, 7) is 2.93. The lowest BCUT2D eigenvalue weighted by atomic mass is 9.91. The van der Waals surface area contributed by atoms with Gasteiger partial charge in [-0.3, -0.25) is 0 Å². The van der Waals surface area contributed by atoms with E-state index in [2.05, 4.69) is 18.7 Å². The van der Waals surface area contributed by atoms with Gasteiger partial charge in [0.25, 0.3) is 0 Å². The van der Waals surface area contributed by atoms with Crippen LogP contribution in [0.25, 0.3) is 0 Å². The monoisotopic (exact) mass is 308 g/mol. The first-order valence-corrected chi connectivity index (χ1v) is 8.78. The number of carboxylic acids is 1. The SMILES string of the molecule is CC1CCCC(SCCCOc2ccccc2C(=O)O)C1. The van der Waals surface area contributed by atoms with Crippen molar-refractivity contribution in [3.05, 3.63) is 29.8 Å². The van der Waals surface area contributed by atoms with Crippen LogP contribution < -0.4 is 4.74 Å². The number of aromatic carboxylic acids is 1. The summed E-state index contributed by atoms with van der Waals surface area (Å²) in [6, 6.07) is 6.82. The van der Waals surface area contributed by atoms with Gasteiger partial charge in [0.15, 0.2) is 0 Å². The van der Waals surface area contributed by atoms with Crippen molar-refractivity contribution in [2.75, 3.05) is 12.4 Å². The molecule has 0 saturated heterocycles. The van der Waals surface area contributed by atoms with Crippen molar-refractivity contribution in [1.29, 1.82) is 0 Å². The second-order valence-electron chi connectivity index (χ2n) is 5.77. The van der Waals surface area contributed by atoms with E-state index < -0.39 is 5.97 Å². The molecule has 0 radical (unpaired) electrons. The number of carbonyl (C=O) groups is 1. The molecular formula is C17H24O3S. The Morgan fingerprint density at radius 3 is 2.95 bits per heavy atom. The maximum atomic E-state index is 11.1. The van der Waals surface area contributed by atoms with Gasteiger partial charge in [-0.1, -0.05) is 31.9 Å². The van der Waals surface area contributed by atoms with Crippen LogP contribution in [0.1, 0.15) is 49.4 Å². The number of rotatable bonds is 7. The van der Waals surface area contributed by atoms with Gasteiger partial charge in [-0.05, 0) is 43.1 Å². The highest BCUT2D eigenvalue weighted by atomic mass is 32.2. The molecule has 1 aromatic carbocycles.